The number of amides is 2. The Kier molecular flexibility index (Phi) is 9.30. The second-order valence-electron chi connectivity index (χ2n) is 9.44. The molecule has 0 bridgehead atoms. The summed E-state index contributed by atoms with van der Waals surface area (Å²) in [6.45, 7) is 2.74. The largest absolute Gasteiger partial charge is 0.497 e. The smallest absolute Gasteiger partial charge is 0.243 e. The van der Waals surface area contributed by atoms with Crippen LogP contribution in [0, 0.1) is 6.92 Å². The third-order valence-corrected chi connectivity index (χ3v) is 6.57. The Hall–Kier alpha value is -4.38. The quantitative estimate of drug-likeness (QED) is 0.292. The fraction of sp³-hybridized carbons (Fsp3) is 0.212. The van der Waals surface area contributed by atoms with Crippen LogP contribution in [-0.4, -0.2) is 29.9 Å². The zero-order chi connectivity index (χ0) is 26.7. The summed E-state index contributed by atoms with van der Waals surface area (Å²) in [4.78, 5) is 29.3. The highest BCUT2D eigenvalue weighted by atomic mass is 16.5. The van der Waals surface area contributed by atoms with Gasteiger partial charge in [0.15, 0.2) is 0 Å². The molecule has 0 radical (unpaired) electrons. The molecule has 0 fully saturated rings. The number of rotatable bonds is 11. The van der Waals surface area contributed by atoms with Gasteiger partial charge in [-0.05, 0) is 41.3 Å². The van der Waals surface area contributed by atoms with Gasteiger partial charge in [0.1, 0.15) is 11.8 Å². The Morgan fingerprint density at radius 3 is 1.92 bits per heavy atom. The molecule has 0 saturated heterocycles. The van der Waals surface area contributed by atoms with E-state index in [1.54, 1.807) is 12.0 Å². The number of nitrogens with one attached hydrogen (secondary N) is 1. The number of aryl methyl sites for hydroxylation is 1. The van der Waals surface area contributed by atoms with Crippen molar-refractivity contribution in [3.8, 4) is 5.75 Å². The van der Waals surface area contributed by atoms with E-state index < -0.39 is 6.04 Å². The predicted octanol–water partition coefficient (Wildman–Crippen LogP) is 5.50. The van der Waals surface area contributed by atoms with Crippen molar-refractivity contribution in [1.29, 1.82) is 0 Å². The minimum atomic E-state index is -0.679. The first-order valence-electron chi connectivity index (χ1n) is 12.9. The van der Waals surface area contributed by atoms with Crippen LogP contribution in [-0.2, 0) is 35.5 Å². The Labute approximate surface area is 225 Å². The fourth-order valence-corrected chi connectivity index (χ4v) is 4.37. The van der Waals surface area contributed by atoms with Gasteiger partial charge in [-0.25, -0.2) is 0 Å². The second-order valence-corrected chi connectivity index (χ2v) is 9.44. The van der Waals surface area contributed by atoms with Gasteiger partial charge in [0, 0.05) is 19.5 Å². The lowest BCUT2D eigenvalue weighted by Gasteiger charge is -2.32. The molecule has 4 rings (SSSR count). The highest BCUT2D eigenvalue weighted by molar-refractivity contribution is 5.88. The highest BCUT2D eigenvalue weighted by Gasteiger charge is 2.30. The van der Waals surface area contributed by atoms with Crippen LogP contribution in [0.25, 0.3) is 0 Å². The molecule has 0 unspecified atom stereocenters. The number of benzene rings is 4. The van der Waals surface area contributed by atoms with Crippen molar-refractivity contribution in [2.24, 2.45) is 0 Å². The van der Waals surface area contributed by atoms with Crippen LogP contribution >= 0.6 is 0 Å². The Morgan fingerprint density at radius 1 is 0.737 bits per heavy atom. The van der Waals surface area contributed by atoms with E-state index in [0.717, 1.165) is 28.0 Å². The van der Waals surface area contributed by atoms with Gasteiger partial charge in [0.05, 0.1) is 13.5 Å². The maximum absolute atomic E-state index is 13.8. The zero-order valence-corrected chi connectivity index (χ0v) is 22.0. The van der Waals surface area contributed by atoms with Gasteiger partial charge in [-0.3, -0.25) is 9.59 Å². The van der Waals surface area contributed by atoms with Crippen LogP contribution in [0.3, 0.4) is 0 Å². The molecule has 0 aromatic heterocycles. The van der Waals surface area contributed by atoms with Gasteiger partial charge >= 0.3 is 0 Å². The minimum absolute atomic E-state index is 0.0987. The second kappa shape index (κ2) is 13.2. The van der Waals surface area contributed by atoms with E-state index >= 15 is 0 Å². The fourth-order valence-electron chi connectivity index (χ4n) is 4.37. The number of hydrogen-bond donors (Lipinski definition) is 1. The lowest BCUT2D eigenvalue weighted by molar-refractivity contribution is -0.140. The van der Waals surface area contributed by atoms with Crippen molar-refractivity contribution in [2.45, 2.75) is 38.9 Å². The van der Waals surface area contributed by atoms with Crippen LogP contribution in [0.1, 0.15) is 27.8 Å². The van der Waals surface area contributed by atoms with E-state index in [1.807, 2.05) is 116 Å². The summed E-state index contributed by atoms with van der Waals surface area (Å²) in [6.07, 6.45) is 0.630. The molecule has 1 N–H and O–H groups in total. The normalized spacial score (nSPS) is 11.4. The van der Waals surface area contributed by atoms with Crippen molar-refractivity contribution >= 4 is 11.8 Å². The van der Waals surface area contributed by atoms with E-state index in [1.165, 1.54) is 5.56 Å². The third-order valence-electron chi connectivity index (χ3n) is 6.57. The monoisotopic (exact) mass is 506 g/mol. The predicted molar refractivity (Wildman–Crippen MR) is 151 cm³/mol. The first-order chi connectivity index (χ1) is 18.5. The molecule has 4 aromatic rings. The molecule has 1 atom stereocenters. The first kappa shape index (κ1) is 26.7. The van der Waals surface area contributed by atoms with Gasteiger partial charge in [0.2, 0.25) is 11.8 Å². The average Bonchev–Trinajstić information content (AvgIpc) is 2.96. The van der Waals surface area contributed by atoms with Crippen LogP contribution in [0.4, 0.5) is 0 Å². The van der Waals surface area contributed by atoms with Crippen LogP contribution in [0.5, 0.6) is 5.75 Å². The summed E-state index contributed by atoms with van der Waals surface area (Å²) in [7, 11) is 1.62. The van der Waals surface area contributed by atoms with Crippen LogP contribution in [0.15, 0.2) is 109 Å². The summed E-state index contributed by atoms with van der Waals surface area (Å²) in [5, 5.41) is 3.09. The molecule has 4 aromatic carbocycles. The summed E-state index contributed by atoms with van der Waals surface area (Å²) in [5.41, 5.74) is 5.02. The van der Waals surface area contributed by atoms with Crippen molar-refractivity contribution in [3.63, 3.8) is 0 Å². The van der Waals surface area contributed by atoms with E-state index in [9.17, 15) is 9.59 Å². The first-order valence-corrected chi connectivity index (χ1v) is 12.9. The lowest BCUT2D eigenvalue weighted by Crippen LogP contribution is -2.50. The number of carbonyl (C=O) groups excluding carboxylic acids is 2. The summed E-state index contributed by atoms with van der Waals surface area (Å²) >= 11 is 0. The van der Waals surface area contributed by atoms with Crippen molar-refractivity contribution in [1.82, 2.24) is 10.2 Å². The Bertz CT molecular complexity index is 1300. The summed E-state index contributed by atoms with van der Waals surface area (Å²) < 4.78 is 5.30. The molecular weight excluding hydrogens is 472 g/mol. The maximum Gasteiger partial charge on any atom is 0.243 e. The molecule has 194 valence electrons. The highest BCUT2D eigenvalue weighted by Crippen LogP contribution is 2.19. The molecular formula is C33H34N2O3. The van der Waals surface area contributed by atoms with Crippen LogP contribution < -0.4 is 10.1 Å². The van der Waals surface area contributed by atoms with Crippen LogP contribution in [0.2, 0.25) is 0 Å². The molecule has 0 heterocycles. The number of methoxy groups -OCH3 is 1. The average molecular weight is 507 g/mol. The van der Waals surface area contributed by atoms with E-state index in [0.29, 0.717) is 19.5 Å². The molecule has 0 aliphatic rings. The molecule has 0 aliphatic heterocycles. The van der Waals surface area contributed by atoms with E-state index in [-0.39, 0.29) is 18.2 Å². The molecule has 0 aliphatic carbocycles. The van der Waals surface area contributed by atoms with Gasteiger partial charge in [-0.1, -0.05) is 103 Å². The Morgan fingerprint density at radius 2 is 1.32 bits per heavy atom. The van der Waals surface area contributed by atoms with Gasteiger partial charge in [-0.15, -0.1) is 0 Å². The number of nitrogens with zero attached hydrogens (tertiary/aromatic N) is 1. The number of carbonyl (C=O) groups is 2. The molecule has 0 spiro atoms. The lowest BCUT2D eigenvalue weighted by atomic mass is 10.0. The summed E-state index contributed by atoms with van der Waals surface area (Å²) in [6, 6.07) is 34.5. The minimum Gasteiger partial charge on any atom is -0.497 e. The van der Waals surface area contributed by atoms with E-state index in [4.69, 9.17) is 4.74 Å². The maximum atomic E-state index is 13.8. The number of ether oxygens (including phenoxy) is 1. The topological polar surface area (TPSA) is 58.6 Å². The summed E-state index contributed by atoms with van der Waals surface area (Å²) in [5.74, 6) is 0.468. The molecule has 2 amide bonds. The van der Waals surface area contributed by atoms with Gasteiger partial charge < -0.3 is 15.0 Å². The SMILES string of the molecule is COc1ccc(CN(C(=O)Cc2ccccc2)[C@H](Cc2ccccc2)C(=O)NCc2ccc(C)cc2)cc1. The molecule has 38 heavy (non-hydrogen) atoms. The molecule has 0 saturated carbocycles. The van der Waals surface area contributed by atoms with Crippen molar-refractivity contribution in [3.05, 3.63) is 137 Å². The zero-order valence-electron chi connectivity index (χ0n) is 22.0. The van der Waals surface area contributed by atoms with Crippen molar-refractivity contribution < 1.29 is 14.3 Å². The van der Waals surface area contributed by atoms with Crippen molar-refractivity contribution in [2.75, 3.05) is 7.11 Å². The molecule has 5 nitrogen and oxygen atoms in total. The Balaban J connectivity index is 1.63. The van der Waals surface area contributed by atoms with E-state index in [2.05, 4.69) is 5.32 Å². The third kappa shape index (κ3) is 7.56. The van der Waals surface area contributed by atoms with Gasteiger partial charge in [0.25, 0.3) is 0 Å². The van der Waals surface area contributed by atoms with Gasteiger partial charge in [-0.2, -0.15) is 0 Å². The molecule has 5 heteroatoms. The number of hydrogen-bond acceptors (Lipinski definition) is 3. The standard InChI is InChI=1S/C33H34N2O3/c1-25-13-15-28(16-14-25)23-34-33(37)31(21-26-9-5-3-6-10-26)35(24-29-17-19-30(38-2)20-18-29)32(36)22-27-11-7-4-8-12-27/h3-20,31H,21-24H2,1-2H3,(H,34,37)/t31-/m1/s1.